The molecule has 3 rings (SSSR count). The number of pyridine rings is 1. The van der Waals surface area contributed by atoms with Crippen molar-refractivity contribution in [1.29, 1.82) is 0 Å². The average molecular weight is 336 g/mol. The lowest BCUT2D eigenvalue weighted by molar-refractivity contribution is -0.119. The van der Waals surface area contributed by atoms with E-state index in [0.29, 0.717) is 18.7 Å². The van der Waals surface area contributed by atoms with Crippen LogP contribution in [0.3, 0.4) is 0 Å². The standard InChI is InChI=1S/C19H20N4O2/c1-13-3-4-14(2)17(11-13)23-18(24)6-5-16(22-23)19(25)21-12-15-7-9-20-10-8-15/h3-4,7-11H,5-6,12H2,1-2H3,(H,21,25). The first kappa shape index (κ1) is 16.8. The van der Waals surface area contributed by atoms with E-state index in [9.17, 15) is 9.59 Å². The summed E-state index contributed by atoms with van der Waals surface area (Å²) in [6.07, 6.45) is 3.98. The third kappa shape index (κ3) is 3.91. The zero-order valence-electron chi connectivity index (χ0n) is 14.3. The number of aromatic nitrogens is 1. The number of aryl methyl sites for hydroxylation is 2. The van der Waals surface area contributed by atoms with Gasteiger partial charge in [-0.15, -0.1) is 0 Å². The molecule has 1 aromatic carbocycles. The van der Waals surface area contributed by atoms with Crippen LogP contribution >= 0.6 is 0 Å². The number of anilines is 1. The molecule has 0 bridgehead atoms. The molecule has 2 heterocycles. The molecule has 0 radical (unpaired) electrons. The Morgan fingerprint density at radius 1 is 1.16 bits per heavy atom. The van der Waals surface area contributed by atoms with Crippen LogP contribution in [0.1, 0.15) is 29.5 Å². The summed E-state index contributed by atoms with van der Waals surface area (Å²) < 4.78 is 0. The van der Waals surface area contributed by atoms with Crippen LogP contribution in [0.25, 0.3) is 0 Å². The number of carbonyl (C=O) groups is 2. The van der Waals surface area contributed by atoms with Gasteiger partial charge >= 0.3 is 0 Å². The zero-order chi connectivity index (χ0) is 17.8. The summed E-state index contributed by atoms with van der Waals surface area (Å²) in [6.45, 7) is 4.29. The molecule has 0 saturated heterocycles. The number of benzene rings is 1. The summed E-state index contributed by atoms with van der Waals surface area (Å²) in [5.41, 5.74) is 4.04. The lowest BCUT2D eigenvalue weighted by atomic mass is 10.1. The minimum atomic E-state index is -0.250. The molecule has 1 aliphatic rings. The van der Waals surface area contributed by atoms with E-state index >= 15 is 0 Å². The van der Waals surface area contributed by atoms with Crippen LogP contribution in [0.4, 0.5) is 5.69 Å². The van der Waals surface area contributed by atoms with Gasteiger partial charge in [0.05, 0.1) is 5.69 Å². The summed E-state index contributed by atoms with van der Waals surface area (Å²) in [7, 11) is 0. The summed E-state index contributed by atoms with van der Waals surface area (Å²) in [4.78, 5) is 28.6. The molecule has 1 aromatic heterocycles. The fourth-order valence-electron chi connectivity index (χ4n) is 2.64. The Morgan fingerprint density at radius 2 is 1.92 bits per heavy atom. The fourth-order valence-corrected chi connectivity index (χ4v) is 2.64. The SMILES string of the molecule is Cc1ccc(C)c(N2N=C(C(=O)NCc3ccncc3)CCC2=O)c1. The molecule has 2 aromatic rings. The van der Waals surface area contributed by atoms with E-state index < -0.39 is 0 Å². The van der Waals surface area contributed by atoms with Gasteiger partial charge in [-0.05, 0) is 48.7 Å². The normalized spacial score (nSPS) is 14.2. The molecule has 6 nitrogen and oxygen atoms in total. The second kappa shape index (κ2) is 7.25. The first-order valence-electron chi connectivity index (χ1n) is 8.19. The first-order valence-corrected chi connectivity index (χ1v) is 8.19. The summed E-state index contributed by atoms with van der Waals surface area (Å²) in [5.74, 6) is -0.348. The van der Waals surface area contributed by atoms with Crippen molar-refractivity contribution in [2.75, 3.05) is 5.01 Å². The van der Waals surface area contributed by atoms with Gasteiger partial charge in [-0.25, -0.2) is 5.01 Å². The number of nitrogens with zero attached hydrogens (tertiary/aromatic N) is 3. The molecule has 0 unspecified atom stereocenters. The van der Waals surface area contributed by atoms with Crippen molar-refractivity contribution < 1.29 is 9.59 Å². The van der Waals surface area contributed by atoms with E-state index in [1.165, 1.54) is 5.01 Å². The second-order valence-electron chi connectivity index (χ2n) is 6.08. The van der Waals surface area contributed by atoms with E-state index in [-0.39, 0.29) is 18.2 Å². The van der Waals surface area contributed by atoms with E-state index in [1.54, 1.807) is 12.4 Å². The van der Waals surface area contributed by atoms with Crippen molar-refractivity contribution in [1.82, 2.24) is 10.3 Å². The lowest BCUT2D eigenvalue weighted by Crippen LogP contribution is -2.39. The maximum absolute atomic E-state index is 12.4. The maximum Gasteiger partial charge on any atom is 0.267 e. The summed E-state index contributed by atoms with van der Waals surface area (Å²) in [6, 6.07) is 9.53. The van der Waals surface area contributed by atoms with E-state index in [0.717, 1.165) is 22.4 Å². The molecule has 0 saturated carbocycles. The number of nitrogens with one attached hydrogen (secondary N) is 1. The molecule has 128 valence electrons. The van der Waals surface area contributed by atoms with Gasteiger partial charge in [-0.3, -0.25) is 14.6 Å². The molecule has 0 fully saturated rings. The van der Waals surface area contributed by atoms with Gasteiger partial charge in [0.1, 0.15) is 5.71 Å². The zero-order valence-corrected chi connectivity index (χ0v) is 14.3. The van der Waals surface area contributed by atoms with Crippen LogP contribution in [0.15, 0.2) is 47.8 Å². The molecule has 6 heteroatoms. The molecule has 1 aliphatic heterocycles. The highest BCUT2D eigenvalue weighted by atomic mass is 16.2. The number of amides is 2. The molecule has 0 aliphatic carbocycles. The summed E-state index contributed by atoms with van der Waals surface area (Å²) >= 11 is 0. The van der Waals surface area contributed by atoms with Crippen LogP contribution in [-0.2, 0) is 16.1 Å². The fraction of sp³-hybridized carbons (Fsp3) is 0.263. The van der Waals surface area contributed by atoms with Gasteiger partial charge in [0.25, 0.3) is 5.91 Å². The van der Waals surface area contributed by atoms with Gasteiger partial charge in [0, 0.05) is 31.8 Å². The maximum atomic E-state index is 12.4. The smallest absolute Gasteiger partial charge is 0.267 e. The molecular weight excluding hydrogens is 316 g/mol. The summed E-state index contributed by atoms with van der Waals surface area (Å²) in [5, 5.41) is 8.52. The average Bonchev–Trinajstić information content (AvgIpc) is 2.63. The third-order valence-electron chi connectivity index (χ3n) is 4.09. The van der Waals surface area contributed by atoms with Crippen LogP contribution in [0, 0.1) is 13.8 Å². The van der Waals surface area contributed by atoms with E-state index in [1.807, 2.05) is 44.2 Å². The molecular formula is C19H20N4O2. The highest BCUT2D eigenvalue weighted by Crippen LogP contribution is 2.25. The molecule has 0 spiro atoms. The number of hydrazone groups is 1. The topological polar surface area (TPSA) is 74.7 Å². The second-order valence-corrected chi connectivity index (χ2v) is 6.08. The van der Waals surface area contributed by atoms with E-state index in [2.05, 4.69) is 15.4 Å². The minimum Gasteiger partial charge on any atom is -0.347 e. The quantitative estimate of drug-likeness (QED) is 0.932. The Bertz CT molecular complexity index is 831. The predicted octanol–water partition coefficient (Wildman–Crippen LogP) is 2.50. The molecule has 0 atom stereocenters. The molecule has 2 amide bonds. The van der Waals surface area contributed by atoms with Crippen molar-refractivity contribution in [2.45, 2.75) is 33.2 Å². The lowest BCUT2D eigenvalue weighted by Gasteiger charge is -2.24. The largest absolute Gasteiger partial charge is 0.347 e. The Hall–Kier alpha value is -3.02. The molecule has 25 heavy (non-hydrogen) atoms. The van der Waals surface area contributed by atoms with Crippen molar-refractivity contribution in [3.8, 4) is 0 Å². The van der Waals surface area contributed by atoms with Crippen molar-refractivity contribution >= 4 is 23.2 Å². The van der Waals surface area contributed by atoms with Gasteiger partial charge in [-0.2, -0.15) is 5.10 Å². The van der Waals surface area contributed by atoms with Gasteiger partial charge in [0.15, 0.2) is 0 Å². The first-order chi connectivity index (χ1) is 12.0. The predicted molar refractivity (Wildman–Crippen MR) is 96.2 cm³/mol. The van der Waals surface area contributed by atoms with Crippen molar-refractivity contribution in [3.63, 3.8) is 0 Å². The highest BCUT2D eigenvalue weighted by Gasteiger charge is 2.26. The van der Waals surface area contributed by atoms with E-state index in [4.69, 9.17) is 0 Å². The molecule has 1 N–H and O–H groups in total. The highest BCUT2D eigenvalue weighted by molar-refractivity contribution is 6.40. The van der Waals surface area contributed by atoms with Gasteiger partial charge in [-0.1, -0.05) is 12.1 Å². The van der Waals surface area contributed by atoms with Crippen LogP contribution in [0.5, 0.6) is 0 Å². The van der Waals surface area contributed by atoms with Crippen molar-refractivity contribution in [2.24, 2.45) is 5.10 Å². The van der Waals surface area contributed by atoms with Crippen LogP contribution in [0.2, 0.25) is 0 Å². The number of hydrogen-bond acceptors (Lipinski definition) is 4. The number of hydrogen-bond donors (Lipinski definition) is 1. The number of carbonyl (C=O) groups excluding carboxylic acids is 2. The monoisotopic (exact) mass is 336 g/mol. The minimum absolute atomic E-state index is 0.0978. The van der Waals surface area contributed by atoms with Crippen LogP contribution < -0.4 is 10.3 Å². The Labute approximate surface area is 146 Å². The van der Waals surface area contributed by atoms with Crippen molar-refractivity contribution in [3.05, 3.63) is 59.4 Å². The Kier molecular flexibility index (Phi) is 4.88. The third-order valence-corrected chi connectivity index (χ3v) is 4.09. The van der Waals surface area contributed by atoms with Crippen LogP contribution in [-0.4, -0.2) is 22.5 Å². The number of rotatable bonds is 4. The van der Waals surface area contributed by atoms with Gasteiger partial charge in [0.2, 0.25) is 5.91 Å². The Morgan fingerprint density at radius 3 is 2.68 bits per heavy atom. The van der Waals surface area contributed by atoms with Gasteiger partial charge < -0.3 is 5.32 Å². The Balaban J connectivity index is 1.78.